The van der Waals surface area contributed by atoms with Crippen molar-refractivity contribution in [1.82, 2.24) is 5.32 Å². The van der Waals surface area contributed by atoms with Crippen molar-refractivity contribution in [3.63, 3.8) is 0 Å². The van der Waals surface area contributed by atoms with E-state index in [0.29, 0.717) is 29.4 Å². The normalized spacial score (nSPS) is 10.1. The molecule has 2 aromatic carbocycles. The third-order valence-electron chi connectivity index (χ3n) is 3.65. The number of nitrogens with one attached hydrogen (secondary N) is 2. The lowest BCUT2D eigenvalue weighted by Crippen LogP contribution is -2.29. The summed E-state index contributed by atoms with van der Waals surface area (Å²) in [5, 5.41) is 5.74. The summed E-state index contributed by atoms with van der Waals surface area (Å²) in [7, 11) is 3.12. The van der Waals surface area contributed by atoms with Gasteiger partial charge in [0.1, 0.15) is 17.9 Å². The monoisotopic (exact) mass is 376 g/mol. The van der Waals surface area contributed by atoms with Crippen molar-refractivity contribution in [2.45, 2.75) is 12.8 Å². The molecule has 2 rings (SSSR count). The second-order valence-electron chi connectivity index (χ2n) is 5.52. The molecule has 0 spiro atoms. The minimum absolute atomic E-state index is 0.258. The van der Waals surface area contributed by atoms with Crippen LogP contribution >= 0.6 is 11.6 Å². The van der Waals surface area contributed by atoms with Gasteiger partial charge in [0.05, 0.1) is 19.2 Å². The Balaban J connectivity index is 1.74. The third-order valence-corrected chi connectivity index (χ3v) is 3.95. The van der Waals surface area contributed by atoms with Crippen LogP contribution in [0.3, 0.4) is 0 Å². The summed E-state index contributed by atoms with van der Waals surface area (Å²) >= 11 is 6.00. The van der Waals surface area contributed by atoms with Crippen molar-refractivity contribution in [2.24, 2.45) is 0 Å². The molecule has 0 aliphatic rings. The number of rotatable bonds is 8. The Morgan fingerprint density at radius 2 is 1.73 bits per heavy atom. The Kier molecular flexibility index (Phi) is 7.29. The SMILES string of the molecule is COc1ccc(CCNC(=O)CC(=O)Nc2ccc(OC)c(Cl)c2)cc1. The van der Waals surface area contributed by atoms with Gasteiger partial charge in [0.15, 0.2) is 0 Å². The van der Waals surface area contributed by atoms with E-state index in [1.165, 1.54) is 7.11 Å². The fourth-order valence-corrected chi connectivity index (χ4v) is 2.55. The molecule has 6 nitrogen and oxygen atoms in total. The molecule has 138 valence electrons. The van der Waals surface area contributed by atoms with Crippen LogP contribution in [0.1, 0.15) is 12.0 Å². The molecule has 26 heavy (non-hydrogen) atoms. The third kappa shape index (κ3) is 5.97. The van der Waals surface area contributed by atoms with Gasteiger partial charge < -0.3 is 20.1 Å². The number of anilines is 1. The first-order chi connectivity index (χ1) is 12.5. The van der Waals surface area contributed by atoms with Crippen molar-refractivity contribution in [3.05, 3.63) is 53.1 Å². The summed E-state index contributed by atoms with van der Waals surface area (Å²) in [5.41, 5.74) is 1.58. The number of benzene rings is 2. The topological polar surface area (TPSA) is 76.7 Å². The second-order valence-corrected chi connectivity index (χ2v) is 5.93. The highest BCUT2D eigenvalue weighted by atomic mass is 35.5. The summed E-state index contributed by atoms with van der Waals surface area (Å²) in [6, 6.07) is 12.5. The predicted molar refractivity (Wildman–Crippen MR) is 101 cm³/mol. The van der Waals surface area contributed by atoms with E-state index in [1.54, 1.807) is 25.3 Å². The van der Waals surface area contributed by atoms with E-state index >= 15 is 0 Å². The smallest absolute Gasteiger partial charge is 0.233 e. The first-order valence-corrected chi connectivity index (χ1v) is 8.42. The van der Waals surface area contributed by atoms with E-state index in [0.717, 1.165) is 11.3 Å². The highest BCUT2D eigenvalue weighted by Crippen LogP contribution is 2.27. The van der Waals surface area contributed by atoms with Gasteiger partial charge in [0.25, 0.3) is 0 Å². The quantitative estimate of drug-likeness (QED) is 0.694. The van der Waals surface area contributed by atoms with Gasteiger partial charge in [-0.2, -0.15) is 0 Å². The maximum Gasteiger partial charge on any atom is 0.233 e. The first kappa shape index (κ1) is 19.6. The molecular weight excluding hydrogens is 356 g/mol. The van der Waals surface area contributed by atoms with Crippen LogP contribution in [0.2, 0.25) is 5.02 Å². The summed E-state index contributed by atoms with van der Waals surface area (Å²) in [5.74, 6) is 0.554. The van der Waals surface area contributed by atoms with Gasteiger partial charge in [0, 0.05) is 12.2 Å². The molecule has 0 atom stereocenters. The van der Waals surface area contributed by atoms with Crippen molar-refractivity contribution in [1.29, 1.82) is 0 Å². The number of hydrogen-bond donors (Lipinski definition) is 2. The van der Waals surface area contributed by atoms with Crippen molar-refractivity contribution >= 4 is 29.1 Å². The van der Waals surface area contributed by atoms with Gasteiger partial charge in [0.2, 0.25) is 11.8 Å². The molecule has 0 aromatic heterocycles. The molecule has 2 amide bonds. The number of methoxy groups -OCH3 is 2. The molecule has 7 heteroatoms. The average molecular weight is 377 g/mol. The number of halogens is 1. The van der Waals surface area contributed by atoms with Crippen LogP contribution < -0.4 is 20.1 Å². The average Bonchev–Trinajstić information content (AvgIpc) is 2.62. The van der Waals surface area contributed by atoms with E-state index in [2.05, 4.69) is 10.6 Å². The van der Waals surface area contributed by atoms with Crippen LogP contribution in [-0.4, -0.2) is 32.6 Å². The van der Waals surface area contributed by atoms with Gasteiger partial charge in [-0.3, -0.25) is 9.59 Å². The van der Waals surface area contributed by atoms with Crippen LogP contribution in [0.5, 0.6) is 11.5 Å². The van der Waals surface area contributed by atoms with Crippen LogP contribution in [0.4, 0.5) is 5.69 Å². The van der Waals surface area contributed by atoms with E-state index < -0.39 is 5.91 Å². The van der Waals surface area contributed by atoms with Gasteiger partial charge in [-0.25, -0.2) is 0 Å². The zero-order valence-corrected chi connectivity index (χ0v) is 15.4. The molecule has 0 radical (unpaired) electrons. The standard InChI is InChI=1S/C19H21ClN2O4/c1-25-15-6-3-13(4-7-15)9-10-21-18(23)12-19(24)22-14-5-8-17(26-2)16(20)11-14/h3-8,11H,9-10,12H2,1-2H3,(H,21,23)(H,22,24). The maximum atomic E-state index is 11.9. The lowest BCUT2D eigenvalue weighted by molar-refractivity contribution is -0.126. The Labute approximate surface area is 157 Å². The number of amides is 2. The molecule has 0 unspecified atom stereocenters. The largest absolute Gasteiger partial charge is 0.497 e. The highest BCUT2D eigenvalue weighted by Gasteiger charge is 2.10. The van der Waals surface area contributed by atoms with Gasteiger partial charge >= 0.3 is 0 Å². The summed E-state index contributed by atoms with van der Waals surface area (Å²) in [4.78, 5) is 23.8. The van der Waals surface area contributed by atoms with Gasteiger partial charge in [-0.1, -0.05) is 23.7 Å². The Bertz CT molecular complexity index is 763. The molecule has 0 aliphatic heterocycles. The lowest BCUT2D eigenvalue weighted by Gasteiger charge is -2.09. The highest BCUT2D eigenvalue weighted by molar-refractivity contribution is 6.32. The molecule has 0 heterocycles. The molecule has 0 saturated carbocycles. The Morgan fingerprint density at radius 1 is 1.00 bits per heavy atom. The molecule has 0 saturated heterocycles. The molecule has 0 aliphatic carbocycles. The van der Waals surface area contributed by atoms with Crippen LogP contribution in [-0.2, 0) is 16.0 Å². The van der Waals surface area contributed by atoms with Crippen LogP contribution in [0.25, 0.3) is 0 Å². The second kappa shape index (κ2) is 9.68. The van der Waals surface area contributed by atoms with Gasteiger partial charge in [-0.05, 0) is 42.3 Å². The van der Waals surface area contributed by atoms with E-state index in [-0.39, 0.29) is 12.3 Å². The number of carbonyl (C=O) groups excluding carboxylic acids is 2. The maximum absolute atomic E-state index is 11.9. The van der Waals surface area contributed by atoms with Crippen LogP contribution in [0, 0.1) is 0 Å². The summed E-state index contributed by atoms with van der Waals surface area (Å²) in [6.07, 6.45) is 0.414. The Hall–Kier alpha value is -2.73. The zero-order valence-electron chi connectivity index (χ0n) is 14.7. The van der Waals surface area contributed by atoms with Crippen molar-refractivity contribution in [2.75, 3.05) is 26.1 Å². The molecule has 0 bridgehead atoms. The molecule has 2 N–H and O–H groups in total. The fraction of sp³-hybridized carbons (Fsp3) is 0.263. The molecule has 0 fully saturated rings. The Morgan fingerprint density at radius 3 is 2.35 bits per heavy atom. The van der Waals surface area contributed by atoms with Crippen molar-refractivity contribution in [3.8, 4) is 11.5 Å². The summed E-state index contributed by atoms with van der Waals surface area (Å²) in [6.45, 7) is 0.451. The molecular formula is C19H21ClN2O4. The fourth-order valence-electron chi connectivity index (χ4n) is 2.30. The van der Waals surface area contributed by atoms with Gasteiger partial charge in [-0.15, -0.1) is 0 Å². The van der Waals surface area contributed by atoms with E-state index in [9.17, 15) is 9.59 Å². The summed E-state index contributed by atoms with van der Waals surface area (Å²) < 4.78 is 10.1. The number of hydrogen-bond acceptors (Lipinski definition) is 4. The minimum Gasteiger partial charge on any atom is -0.497 e. The molecule has 2 aromatic rings. The minimum atomic E-state index is -0.409. The zero-order chi connectivity index (χ0) is 18.9. The predicted octanol–water partition coefficient (Wildman–Crippen LogP) is 3.04. The van der Waals surface area contributed by atoms with Crippen molar-refractivity contribution < 1.29 is 19.1 Å². The number of carbonyl (C=O) groups is 2. The van der Waals surface area contributed by atoms with E-state index in [1.807, 2.05) is 24.3 Å². The lowest BCUT2D eigenvalue weighted by atomic mass is 10.1. The van der Waals surface area contributed by atoms with Crippen LogP contribution in [0.15, 0.2) is 42.5 Å². The first-order valence-electron chi connectivity index (χ1n) is 8.05. The van der Waals surface area contributed by atoms with E-state index in [4.69, 9.17) is 21.1 Å². The number of ether oxygens (including phenoxy) is 2.